The lowest BCUT2D eigenvalue weighted by Crippen LogP contribution is -2.24. The second kappa shape index (κ2) is 5.90. The first kappa shape index (κ1) is 14.6. The van der Waals surface area contributed by atoms with Crippen LogP contribution in [0, 0.1) is 11.3 Å². The van der Waals surface area contributed by atoms with Crippen LogP contribution in [-0.4, -0.2) is 49.6 Å². The number of anilines is 1. The number of fused-ring (bicyclic) bond motifs is 1. The van der Waals surface area contributed by atoms with Crippen molar-refractivity contribution < 1.29 is 4.74 Å². The zero-order valence-electron chi connectivity index (χ0n) is 13.2. The summed E-state index contributed by atoms with van der Waals surface area (Å²) in [5.74, 6) is 1.51. The molecule has 1 atom stereocenters. The van der Waals surface area contributed by atoms with E-state index < -0.39 is 0 Å². The van der Waals surface area contributed by atoms with Gasteiger partial charge in [-0.1, -0.05) is 0 Å². The molecule has 0 spiro atoms. The Hall–Kier alpha value is -2.99. The molecule has 0 radical (unpaired) electrons. The molecule has 122 valence electrons. The molecule has 4 rings (SSSR count). The van der Waals surface area contributed by atoms with Gasteiger partial charge in [0.15, 0.2) is 0 Å². The highest BCUT2D eigenvalue weighted by atomic mass is 16.5. The molecule has 9 heteroatoms. The Morgan fingerprint density at radius 3 is 3.12 bits per heavy atom. The minimum atomic E-state index is 0.227. The van der Waals surface area contributed by atoms with Crippen LogP contribution < -0.4 is 4.90 Å². The van der Waals surface area contributed by atoms with Gasteiger partial charge in [0.2, 0.25) is 0 Å². The molecule has 1 aliphatic heterocycles. The van der Waals surface area contributed by atoms with E-state index >= 15 is 0 Å². The van der Waals surface area contributed by atoms with E-state index in [2.05, 4.69) is 31.1 Å². The van der Waals surface area contributed by atoms with Crippen LogP contribution in [0.15, 0.2) is 24.8 Å². The van der Waals surface area contributed by atoms with Crippen LogP contribution in [0.25, 0.3) is 5.78 Å². The van der Waals surface area contributed by atoms with Crippen molar-refractivity contribution >= 4 is 11.6 Å². The van der Waals surface area contributed by atoms with Crippen LogP contribution >= 0.6 is 0 Å². The third-order valence-electron chi connectivity index (χ3n) is 4.17. The minimum absolute atomic E-state index is 0.227. The van der Waals surface area contributed by atoms with Gasteiger partial charge >= 0.3 is 0 Å². The molecule has 1 saturated heterocycles. The minimum Gasteiger partial charge on any atom is -0.378 e. The van der Waals surface area contributed by atoms with Crippen LogP contribution in [0.3, 0.4) is 0 Å². The van der Waals surface area contributed by atoms with E-state index in [0.717, 1.165) is 31.0 Å². The predicted molar refractivity (Wildman–Crippen MR) is 84.3 cm³/mol. The van der Waals surface area contributed by atoms with Gasteiger partial charge in [-0.25, -0.2) is 4.98 Å². The Kier molecular flexibility index (Phi) is 3.59. The van der Waals surface area contributed by atoms with Gasteiger partial charge in [0.05, 0.1) is 30.1 Å². The van der Waals surface area contributed by atoms with Crippen molar-refractivity contribution in [2.75, 3.05) is 25.1 Å². The number of hydrogen-bond donors (Lipinski definition) is 0. The zero-order chi connectivity index (χ0) is 16.5. The predicted octanol–water partition coefficient (Wildman–Crippen LogP) is 0.790. The molecule has 3 aromatic heterocycles. The average molecular weight is 324 g/mol. The highest BCUT2D eigenvalue weighted by molar-refractivity contribution is 5.48. The number of nitriles is 1. The van der Waals surface area contributed by atoms with Crippen LogP contribution in [-0.2, 0) is 11.3 Å². The SMILES string of the molecule is COCc1cc(N2CCC(n3cc(C#N)cn3)C2)n2ncnc2n1. The monoisotopic (exact) mass is 324 g/mol. The number of rotatable bonds is 4. The molecule has 0 aliphatic carbocycles. The average Bonchev–Trinajstić information content (AvgIpc) is 3.33. The molecule has 0 N–H and O–H groups in total. The summed E-state index contributed by atoms with van der Waals surface area (Å²) >= 11 is 0. The van der Waals surface area contributed by atoms with Crippen LogP contribution in [0.2, 0.25) is 0 Å². The summed E-state index contributed by atoms with van der Waals surface area (Å²) in [6.45, 7) is 2.09. The van der Waals surface area contributed by atoms with Gasteiger partial charge in [-0.15, -0.1) is 0 Å². The summed E-state index contributed by atoms with van der Waals surface area (Å²) < 4.78 is 8.80. The van der Waals surface area contributed by atoms with Crippen molar-refractivity contribution in [2.45, 2.75) is 19.1 Å². The number of methoxy groups -OCH3 is 1. The second-order valence-electron chi connectivity index (χ2n) is 5.72. The van der Waals surface area contributed by atoms with E-state index in [1.165, 1.54) is 6.33 Å². The van der Waals surface area contributed by atoms with Gasteiger partial charge in [-0.2, -0.15) is 25.0 Å². The molecule has 0 bridgehead atoms. The summed E-state index contributed by atoms with van der Waals surface area (Å²) in [6, 6.07) is 4.32. The lowest BCUT2D eigenvalue weighted by Gasteiger charge is -2.19. The summed E-state index contributed by atoms with van der Waals surface area (Å²) in [6.07, 6.45) is 5.84. The van der Waals surface area contributed by atoms with Crippen molar-refractivity contribution in [3.8, 4) is 6.07 Å². The molecule has 9 nitrogen and oxygen atoms in total. The molecule has 4 heterocycles. The van der Waals surface area contributed by atoms with Gasteiger partial charge in [-0.3, -0.25) is 4.68 Å². The maximum Gasteiger partial charge on any atom is 0.254 e. The van der Waals surface area contributed by atoms with Crippen molar-refractivity contribution in [2.24, 2.45) is 0 Å². The van der Waals surface area contributed by atoms with E-state index in [1.807, 2.05) is 10.7 Å². The van der Waals surface area contributed by atoms with Gasteiger partial charge in [0, 0.05) is 32.5 Å². The van der Waals surface area contributed by atoms with Crippen LogP contribution in [0.4, 0.5) is 5.82 Å². The van der Waals surface area contributed by atoms with Crippen LogP contribution in [0.5, 0.6) is 0 Å². The van der Waals surface area contributed by atoms with Crippen molar-refractivity contribution in [1.82, 2.24) is 29.4 Å². The molecule has 1 fully saturated rings. The van der Waals surface area contributed by atoms with Crippen LogP contribution in [0.1, 0.15) is 23.7 Å². The topological polar surface area (TPSA) is 97.2 Å². The summed E-state index contributed by atoms with van der Waals surface area (Å²) in [5, 5.41) is 17.5. The number of hydrogen-bond acceptors (Lipinski definition) is 7. The van der Waals surface area contributed by atoms with E-state index in [0.29, 0.717) is 17.9 Å². The largest absolute Gasteiger partial charge is 0.378 e. The highest BCUT2D eigenvalue weighted by Crippen LogP contribution is 2.27. The van der Waals surface area contributed by atoms with Gasteiger partial charge in [0.1, 0.15) is 18.2 Å². The molecule has 0 aromatic carbocycles. The van der Waals surface area contributed by atoms with E-state index in [9.17, 15) is 0 Å². The fraction of sp³-hybridized carbons (Fsp3) is 0.400. The third-order valence-corrected chi connectivity index (χ3v) is 4.17. The fourth-order valence-electron chi connectivity index (χ4n) is 3.05. The van der Waals surface area contributed by atoms with Crippen molar-refractivity contribution in [3.05, 3.63) is 36.0 Å². The van der Waals surface area contributed by atoms with Crippen molar-refractivity contribution in [1.29, 1.82) is 5.26 Å². The zero-order valence-corrected chi connectivity index (χ0v) is 13.2. The van der Waals surface area contributed by atoms with Gasteiger partial charge < -0.3 is 9.64 Å². The Morgan fingerprint density at radius 2 is 2.33 bits per heavy atom. The van der Waals surface area contributed by atoms with E-state index in [-0.39, 0.29) is 6.04 Å². The molecule has 1 aliphatic rings. The molecule has 0 saturated carbocycles. The Labute approximate surface area is 138 Å². The van der Waals surface area contributed by atoms with Gasteiger partial charge in [0.25, 0.3) is 5.78 Å². The number of aromatic nitrogens is 6. The molecular formula is C15H16N8O. The smallest absolute Gasteiger partial charge is 0.254 e. The molecule has 0 amide bonds. The van der Waals surface area contributed by atoms with E-state index in [4.69, 9.17) is 10.00 Å². The van der Waals surface area contributed by atoms with Gasteiger partial charge in [-0.05, 0) is 6.42 Å². The molecular weight excluding hydrogens is 308 g/mol. The first-order valence-electron chi connectivity index (χ1n) is 7.66. The maximum absolute atomic E-state index is 8.95. The lowest BCUT2D eigenvalue weighted by atomic mass is 10.3. The Bertz CT molecular complexity index is 908. The van der Waals surface area contributed by atoms with E-state index in [1.54, 1.807) is 24.0 Å². The lowest BCUT2D eigenvalue weighted by molar-refractivity contribution is 0.181. The quantitative estimate of drug-likeness (QED) is 0.700. The third kappa shape index (κ3) is 2.47. The fourth-order valence-corrected chi connectivity index (χ4v) is 3.05. The summed E-state index contributed by atoms with van der Waals surface area (Å²) in [5.41, 5.74) is 1.40. The molecule has 3 aromatic rings. The molecule has 24 heavy (non-hydrogen) atoms. The Balaban J connectivity index is 1.63. The first-order chi connectivity index (χ1) is 11.8. The Morgan fingerprint density at radius 1 is 1.42 bits per heavy atom. The second-order valence-corrected chi connectivity index (χ2v) is 5.72. The standard InChI is InChI=1S/C15H16N8O/c1-24-9-12-4-14(23-15(20-12)17-10-19-23)21-3-2-13(8-21)22-7-11(5-16)6-18-22/h4,6-7,10,13H,2-3,8-9H2,1H3. The number of ether oxygens (including phenoxy) is 1. The maximum atomic E-state index is 8.95. The summed E-state index contributed by atoms with van der Waals surface area (Å²) in [7, 11) is 1.64. The van der Waals surface area contributed by atoms with Crippen molar-refractivity contribution in [3.63, 3.8) is 0 Å². The normalized spacial score (nSPS) is 17.5. The molecule has 1 unspecified atom stereocenters. The summed E-state index contributed by atoms with van der Waals surface area (Å²) in [4.78, 5) is 10.9. The first-order valence-corrected chi connectivity index (χ1v) is 7.66. The number of nitrogens with zero attached hydrogens (tertiary/aromatic N) is 8. The highest BCUT2D eigenvalue weighted by Gasteiger charge is 2.27.